The summed E-state index contributed by atoms with van der Waals surface area (Å²) in [4.78, 5) is 2.68. The van der Waals surface area contributed by atoms with E-state index in [9.17, 15) is 0 Å². The van der Waals surface area contributed by atoms with Crippen LogP contribution in [0.4, 0.5) is 0 Å². The van der Waals surface area contributed by atoms with Gasteiger partial charge in [0.15, 0.2) is 0 Å². The van der Waals surface area contributed by atoms with Gasteiger partial charge in [-0.25, -0.2) is 0 Å². The second-order valence-corrected chi connectivity index (χ2v) is 7.32. The smallest absolute Gasteiger partial charge is 0.00924 e. The van der Waals surface area contributed by atoms with Gasteiger partial charge in [-0.2, -0.15) is 0 Å². The Morgan fingerprint density at radius 2 is 1.89 bits per heavy atom. The van der Waals surface area contributed by atoms with E-state index in [0.717, 1.165) is 23.8 Å². The van der Waals surface area contributed by atoms with Crippen molar-refractivity contribution in [1.29, 1.82) is 0 Å². The molecule has 1 saturated heterocycles. The van der Waals surface area contributed by atoms with Gasteiger partial charge in [0.1, 0.15) is 0 Å². The van der Waals surface area contributed by atoms with E-state index in [0.29, 0.717) is 0 Å². The lowest BCUT2D eigenvalue weighted by Gasteiger charge is -2.32. The first-order valence-electron chi connectivity index (χ1n) is 8.57. The molecule has 112 valence electrons. The number of rotatable bonds is 4. The molecule has 0 aromatic heterocycles. The molecule has 2 rings (SSSR count). The summed E-state index contributed by atoms with van der Waals surface area (Å²) < 4.78 is 0. The van der Waals surface area contributed by atoms with E-state index in [-0.39, 0.29) is 0 Å². The molecule has 19 heavy (non-hydrogen) atoms. The molecule has 0 radical (unpaired) electrons. The highest BCUT2D eigenvalue weighted by atomic mass is 15.1. The molecule has 1 aliphatic carbocycles. The lowest BCUT2D eigenvalue weighted by molar-refractivity contribution is 0.172. The predicted octanol–water partition coefficient (Wildman–Crippen LogP) is 3.52. The summed E-state index contributed by atoms with van der Waals surface area (Å²) in [6, 6.07) is 0.852. The fourth-order valence-electron chi connectivity index (χ4n) is 4.05. The first-order valence-corrected chi connectivity index (χ1v) is 8.57. The van der Waals surface area contributed by atoms with Gasteiger partial charge in [-0.1, -0.05) is 26.7 Å². The van der Waals surface area contributed by atoms with Crippen LogP contribution in [0.25, 0.3) is 0 Å². The highest BCUT2D eigenvalue weighted by Gasteiger charge is 2.25. The quantitative estimate of drug-likeness (QED) is 0.783. The molecule has 0 spiro atoms. The third-order valence-electron chi connectivity index (χ3n) is 5.49. The number of nitrogens with one attached hydrogen (secondary N) is 1. The highest BCUT2D eigenvalue weighted by molar-refractivity contribution is 4.80. The molecule has 1 N–H and O–H groups in total. The van der Waals surface area contributed by atoms with E-state index in [4.69, 9.17) is 0 Å². The third-order valence-corrected chi connectivity index (χ3v) is 5.49. The van der Waals surface area contributed by atoms with Crippen molar-refractivity contribution in [3.05, 3.63) is 0 Å². The number of hydrogen-bond donors (Lipinski definition) is 1. The van der Waals surface area contributed by atoms with E-state index in [1.807, 2.05) is 0 Å². The standard InChI is InChI=1S/C17H34N2/c1-14(2)16-7-4-8-17(10-9-16)19(3)13-15-6-5-11-18-12-15/h14-18H,4-13H2,1-3H3. The minimum atomic E-state index is 0.852. The molecule has 0 aromatic carbocycles. The largest absolute Gasteiger partial charge is 0.316 e. The first kappa shape index (κ1) is 15.3. The van der Waals surface area contributed by atoms with Gasteiger partial charge in [0.25, 0.3) is 0 Å². The Morgan fingerprint density at radius 3 is 2.58 bits per heavy atom. The zero-order valence-electron chi connectivity index (χ0n) is 13.3. The minimum absolute atomic E-state index is 0.852. The molecule has 3 unspecified atom stereocenters. The fourth-order valence-corrected chi connectivity index (χ4v) is 4.05. The summed E-state index contributed by atoms with van der Waals surface area (Å²) in [5.74, 6) is 2.75. The van der Waals surface area contributed by atoms with Crippen LogP contribution < -0.4 is 5.32 Å². The van der Waals surface area contributed by atoms with Crippen molar-refractivity contribution >= 4 is 0 Å². The zero-order valence-corrected chi connectivity index (χ0v) is 13.3. The Hall–Kier alpha value is -0.0800. The van der Waals surface area contributed by atoms with Gasteiger partial charge in [0.05, 0.1) is 0 Å². The van der Waals surface area contributed by atoms with Crippen molar-refractivity contribution in [3.63, 3.8) is 0 Å². The summed E-state index contributed by atoms with van der Waals surface area (Å²) in [6.45, 7) is 8.60. The Morgan fingerprint density at radius 1 is 1.05 bits per heavy atom. The van der Waals surface area contributed by atoms with Crippen molar-refractivity contribution in [1.82, 2.24) is 10.2 Å². The van der Waals surface area contributed by atoms with Crippen LogP contribution >= 0.6 is 0 Å². The Balaban J connectivity index is 1.77. The number of hydrogen-bond acceptors (Lipinski definition) is 2. The van der Waals surface area contributed by atoms with E-state index < -0.39 is 0 Å². The summed E-state index contributed by atoms with van der Waals surface area (Å²) in [7, 11) is 2.37. The molecule has 2 heteroatoms. The van der Waals surface area contributed by atoms with E-state index in [1.54, 1.807) is 0 Å². The molecule has 3 atom stereocenters. The predicted molar refractivity (Wildman–Crippen MR) is 83.4 cm³/mol. The van der Waals surface area contributed by atoms with Crippen LogP contribution in [0.3, 0.4) is 0 Å². The van der Waals surface area contributed by atoms with Crippen LogP contribution in [-0.4, -0.2) is 37.6 Å². The molecule has 0 aromatic rings. The summed E-state index contributed by atoms with van der Waals surface area (Å²) in [5, 5.41) is 3.55. The Labute approximate surface area is 120 Å². The average molecular weight is 266 g/mol. The zero-order chi connectivity index (χ0) is 13.7. The van der Waals surface area contributed by atoms with E-state index in [2.05, 4.69) is 31.1 Å². The summed E-state index contributed by atoms with van der Waals surface area (Å²) in [5.41, 5.74) is 0. The van der Waals surface area contributed by atoms with Gasteiger partial charge < -0.3 is 10.2 Å². The van der Waals surface area contributed by atoms with Crippen molar-refractivity contribution in [2.45, 2.75) is 64.8 Å². The molecular formula is C17H34N2. The average Bonchev–Trinajstić information content (AvgIpc) is 2.65. The lowest BCUT2D eigenvalue weighted by atomic mass is 9.89. The molecule has 0 bridgehead atoms. The monoisotopic (exact) mass is 266 g/mol. The molecule has 0 amide bonds. The highest BCUT2D eigenvalue weighted by Crippen LogP contribution is 2.30. The van der Waals surface area contributed by atoms with Gasteiger partial charge >= 0.3 is 0 Å². The lowest BCUT2D eigenvalue weighted by Crippen LogP contribution is -2.40. The summed E-state index contributed by atoms with van der Waals surface area (Å²) >= 11 is 0. The van der Waals surface area contributed by atoms with Crippen molar-refractivity contribution in [3.8, 4) is 0 Å². The van der Waals surface area contributed by atoms with Crippen LogP contribution in [-0.2, 0) is 0 Å². The molecule has 1 heterocycles. The maximum absolute atomic E-state index is 3.55. The maximum Gasteiger partial charge on any atom is 0.00924 e. The minimum Gasteiger partial charge on any atom is -0.316 e. The van der Waals surface area contributed by atoms with Crippen LogP contribution in [0, 0.1) is 17.8 Å². The van der Waals surface area contributed by atoms with Crippen molar-refractivity contribution < 1.29 is 0 Å². The Kier molecular flexibility index (Phi) is 6.15. The molecular weight excluding hydrogens is 232 g/mol. The van der Waals surface area contributed by atoms with Crippen LogP contribution in [0.5, 0.6) is 0 Å². The topological polar surface area (TPSA) is 15.3 Å². The van der Waals surface area contributed by atoms with Gasteiger partial charge in [-0.05, 0) is 70.0 Å². The maximum atomic E-state index is 3.55. The third kappa shape index (κ3) is 4.75. The number of nitrogens with zero attached hydrogens (tertiary/aromatic N) is 1. The van der Waals surface area contributed by atoms with Gasteiger partial charge in [0.2, 0.25) is 0 Å². The molecule has 1 saturated carbocycles. The van der Waals surface area contributed by atoms with Crippen LogP contribution in [0.2, 0.25) is 0 Å². The van der Waals surface area contributed by atoms with Crippen LogP contribution in [0.15, 0.2) is 0 Å². The second-order valence-electron chi connectivity index (χ2n) is 7.32. The molecule has 2 aliphatic rings. The molecule has 1 aliphatic heterocycles. The van der Waals surface area contributed by atoms with Crippen molar-refractivity contribution in [2.75, 3.05) is 26.7 Å². The molecule has 2 nitrogen and oxygen atoms in total. The van der Waals surface area contributed by atoms with Gasteiger partial charge in [0, 0.05) is 12.6 Å². The second kappa shape index (κ2) is 7.64. The SMILES string of the molecule is CC(C)C1CCCC(N(C)CC2CCCNC2)CC1. The number of piperidine rings is 1. The first-order chi connectivity index (χ1) is 9.16. The summed E-state index contributed by atoms with van der Waals surface area (Å²) in [6.07, 6.45) is 10.0. The normalized spacial score (nSPS) is 33.6. The van der Waals surface area contributed by atoms with Gasteiger partial charge in [-0.15, -0.1) is 0 Å². The fraction of sp³-hybridized carbons (Fsp3) is 1.00. The van der Waals surface area contributed by atoms with E-state index in [1.165, 1.54) is 64.6 Å². The molecule has 2 fully saturated rings. The van der Waals surface area contributed by atoms with E-state index >= 15 is 0 Å². The van der Waals surface area contributed by atoms with Gasteiger partial charge in [-0.3, -0.25) is 0 Å². The Bertz CT molecular complexity index is 246. The van der Waals surface area contributed by atoms with Crippen molar-refractivity contribution in [2.24, 2.45) is 17.8 Å². The van der Waals surface area contributed by atoms with Crippen LogP contribution in [0.1, 0.15) is 58.8 Å².